The molecule has 0 unspecified atom stereocenters. The number of nitrogens with one attached hydrogen (secondary N) is 1. The molecule has 1 N–H and O–H groups in total. The van der Waals surface area contributed by atoms with Gasteiger partial charge in [0.05, 0.1) is 11.9 Å². The molecule has 0 saturated carbocycles. The maximum absolute atomic E-state index is 12.1. The molecular formula is C14H20N4O2. The smallest absolute Gasteiger partial charge is 0.245 e. The van der Waals surface area contributed by atoms with Crippen LogP contribution in [0, 0.1) is 5.92 Å². The first-order chi connectivity index (χ1) is 9.63. The molecule has 0 aliphatic carbocycles. The summed E-state index contributed by atoms with van der Waals surface area (Å²) < 4.78 is 1.76. The van der Waals surface area contributed by atoms with Gasteiger partial charge in [0.1, 0.15) is 0 Å². The third-order valence-electron chi connectivity index (χ3n) is 3.58. The van der Waals surface area contributed by atoms with Crippen molar-refractivity contribution >= 4 is 17.5 Å². The number of aryl methyl sites for hydroxylation is 1. The second-order valence-electron chi connectivity index (χ2n) is 4.88. The second kappa shape index (κ2) is 6.36. The summed E-state index contributed by atoms with van der Waals surface area (Å²) in [5, 5.41) is 7.00. The van der Waals surface area contributed by atoms with Gasteiger partial charge in [-0.1, -0.05) is 6.58 Å². The number of anilines is 1. The van der Waals surface area contributed by atoms with E-state index in [1.165, 1.54) is 6.08 Å². The molecular weight excluding hydrogens is 256 g/mol. The van der Waals surface area contributed by atoms with Crippen LogP contribution >= 0.6 is 0 Å². The number of rotatable bonds is 4. The molecule has 6 nitrogen and oxygen atoms in total. The first-order valence-electron chi connectivity index (χ1n) is 6.88. The molecule has 6 heteroatoms. The fourth-order valence-electron chi connectivity index (χ4n) is 2.34. The molecule has 1 aliphatic rings. The van der Waals surface area contributed by atoms with Gasteiger partial charge in [0.15, 0.2) is 0 Å². The van der Waals surface area contributed by atoms with Crippen molar-refractivity contribution in [2.45, 2.75) is 26.3 Å². The lowest BCUT2D eigenvalue weighted by Gasteiger charge is -2.30. The molecule has 0 spiro atoms. The number of carbonyl (C=O) groups is 2. The fourth-order valence-corrected chi connectivity index (χ4v) is 2.34. The van der Waals surface area contributed by atoms with Crippen LogP contribution in [0.25, 0.3) is 0 Å². The summed E-state index contributed by atoms with van der Waals surface area (Å²) in [5.41, 5.74) is 0.724. The Bertz CT molecular complexity index is 501. The summed E-state index contributed by atoms with van der Waals surface area (Å²) in [6.07, 6.45) is 6.16. The van der Waals surface area contributed by atoms with E-state index in [0.29, 0.717) is 25.9 Å². The number of carbonyl (C=O) groups excluding carboxylic acids is 2. The number of aromatic nitrogens is 2. The van der Waals surface area contributed by atoms with Crippen molar-refractivity contribution in [1.82, 2.24) is 14.7 Å². The van der Waals surface area contributed by atoms with Crippen molar-refractivity contribution in [3.8, 4) is 0 Å². The molecule has 2 amide bonds. The van der Waals surface area contributed by atoms with Crippen LogP contribution in [0.3, 0.4) is 0 Å². The molecule has 1 aromatic heterocycles. The number of amides is 2. The standard InChI is InChI=1S/C14H20N4O2/c1-3-13(19)17-7-5-11(6-8-17)14(20)16-12-9-15-18(4-2)10-12/h3,9-11H,1,4-8H2,2H3,(H,16,20). The van der Waals surface area contributed by atoms with Gasteiger partial charge in [0.2, 0.25) is 11.8 Å². The molecule has 2 rings (SSSR count). The molecule has 1 aromatic rings. The Morgan fingerprint density at radius 1 is 1.50 bits per heavy atom. The molecule has 0 atom stereocenters. The third-order valence-corrected chi connectivity index (χ3v) is 3.58. The molecule has 1 saturated heterocycles. The van der Waals surface area contributed by atoms with E-state index in [-0.39, 0.29) is 17.7 Å². The highest BCUT2D eigenvalue weighted by Gasteiger charge is 2.26. The topological polar surface area (TPSA) is 67.2 Å². The largest absolute Gasteiger partial charge is 0.339 e. The zero-order valence-corrected chi connectivity index (χ0v) is 11.7. The number of likely N-dealkylation sites (tertiary alicyclic amines) is 1. The number of hydrogen-bond donors (Lipinski definition) is 1. The van der Waals surface area contributed by atoms with Crippen LogP contribution < -0.4 is 5.32 Å². The minimum atomic E-state index is -0.0620. The first-order valence-corrected chi connectivity index (χ1v) is 6.88. The van der Waals surface area contributed by atoms with Gasteiger partial charge in [-0.05, 0) is 25.8 Å². The minimum absolute atomic E-state index is 0.00588. The van der Waals surface area contributed by atoms with Crippen LogP contribution in [0.15, 0.2) is 25.0 Å². The van der Waals surface area contributed by atoms with E-state index in [4.69, 9.17) is 0 Å². The Morgan fingerprint density at radius 2 is 2.20 bits per heavy atom. The monoisotopic (exact) mass is 276 g/mol. The van der Waals surface area contributed by atoms with E-state index in [9.17, 15) is 9.59 Å². The number of piperidine rings is 1. The summed E-state index contributed by atoms with van der Waals surface area (Å²) in [5.74, 6) is -0.103. The van der Waals surface area contributed by atoms with Crippen molar-refractivity contribution < 1.29 is 9.59 Å². The van der Waals surface area contributed by atoms with E-state index in [2.05, 4.69) is 17.0 Å². The lowest BCUT2D eigenvalue weighted by atomic mass is 9.96. The summed E-state index contributed by atoms with van der Waals surface area (Å²) in [6, 6.07) is 0. The van der Waals surface area contributed by atoms with Gasteiger partial charge < -0.3 is 10.2 Å². The Balaban J connectivity index is 1.85. The molecule has 1 fully saturated rings. The van der Waals surface area contributed by atoms with Crippen LogP contribution in [0.4, 0.5) is 5.69 Å². The molecule has 20 heavy (non-hydrogen) atoms. The fraction of sp³-hybridized carbons (Fsp3) is 0.500. The van der Waals surface area contributed by atoms with E-state index in [1.807, 2.05) is 13.1 Å². The molecule has 1 aliphatic heterocycles. The zero-order valence-electron chi connectivity index (χ0n) is 11.7. The van der Waals surface area contributed by atoms with Crippen LogP contribution in [-0.2, 0) is 16.1 Å². The Morgan fingerprint density at radius 3 is 2.75 bits per heavy atom. The van der Waals surface area contributed by atoms with Gasteiger partial charge in [-0.15, -0.1) is 0 Å². The first kappa shape index (κ1) is 14.3. The lowest BCUT2D eigenvalue weighted by Crippen LogP contribution is -2.40. The summed E-state index contributed by atoms with van der Waals surface area (Å²) in [6.45, 7) is 7.46. The average molecular weight is 276 g/mol. The maximum Gasteiger partial charge on any atom is 0.245 e. The van der Waals surface area contributed by atoms with E-state index in [1.54, 1.807) is 15.8 Å². The van der Waals surface area contributed by atoms with Crippen molar-refractivity contribution in [1.29, 1.82) is 0 Å². The van der Waals surface area contributed by atoms with Gasteiger partial charge >= 0.3 is 0 Å². The van der Waals surface area contributed by atoms with Crippen LogP contribution in [-0.4, -0.2) is 39.6 Å². The van der Waals surface area contributed by atoms with Crippen LogP contribution in [0.1, 0.15) is 19.8 Å². The van der Waals surface area contributed by atoms with Gasteiger partial charge in [-0.3, -0.25) is 14.3 Å². The normalized spacial score (nSPS) is 15.9. The predicted octanol–water partition coefficient (Wildman–Crippen LogP) is 1.27. The summed E-state index contributed by atoms with van der Waals surface area (Å²) >= 11 is 0. The SMILES string of the molecule is C=CC(=O)N1CCC(C(=O)Nc2cnn(CC)c2)CC1. The van der Waals surface area contributed by atoms with Crippen molar-refractivity contribution in [3.05, 3.63) is 25.0 Å². The van der Waals surface area contributed by atoms with Gasteiger partial charge in [-0.25, -0.2) is 0 Å². The molecule has 0 bridgehead atoms. The third kappa shape index (κ3) is 3.26. The van der Waals surface area contributed by atoms with Gasteiger partial charge in [0, 0.05) is 31.7 Å². The predicted molar refractivity (Wildman–Crippen MR) is 76.0 cm³/mol. The van der Waals surface area contributed by atoms with E-state index >= 15 is 0 Å². The van der Waals surface area contributed by atoms with E-state index < -0.39 is 0 Å². The lowest BCUT2D eigenvalue weighted by molar-refractivity contribution is -0.130. The zero-order chi connectivity index (χ0) is 14.5. The second-order valence-corrected chi connectivity index (χ2v) is 4.88. The molecule has 108 valence electrons. The Hall–Kier alpha value is -2.11. The Labute approximate surface area is 118 Å². The minimum Gasteiger partial charge on any atom is -0.339 e. The number of nitrogens with zero attached hydrogens (tertiary/aromatic N) is 3. The molecule has 0 aromatic carbocycles. The number of hydrogen-bond acceptors (Lipinski definition) is 3. The van der Waals surface area contributed by atoms with Crippen LogP contribution in [0.5, 0.6) is 0 Å². The average Bonchev–Trinajstić information content (AvgIpc) is 2.94. The van der Waals surface area contributed by atoms with E-state index in [0.717, 1.165) is 12.2 Å². The Kier molecular flexibility index (Phi) is 4.55. The molecule has 2 heterocycles. The van der Waals surface area contributed by atoms with Gasteiger partial charge in [0.25, 0.3) is 0 Å². The van der Waals surface area contributed by atoms with Crippen molar-refractivity contribution in [3.63, 3.8) is 0 Å². The molecule has 0 radical (unpaired) electrons. The van der Waals surface area contributed by atoms with Crippen LogP contribution in [0.2, 0.25) is 0 Å². The van der Waals surface area contributed by atoms with Crippen molar-refractivity contribution in [2.75, 3.05) is 18.4 Å². The maximum atomic E-state index is 12.1. The highest BCUT2D eigenvalue weighted by atomic mass is 16.2. The van der Waals surface area contributed by atoms with Crippen molar-refractivity contribution in [2.24, 2.45) is 5.92 Å². The summed E-state index contributed by atoms with van der Waals surface area (Å²) in [4.78, 5) is 25.3. The highest BCUT2D eigenvalue weighted by Crippen LogP contribution is 2.19. The van der Waals surface area contributed by atoms with Gasteiger partial charge in [-0.2, -0.15) is 5.10 Å². The summed E-state index contributed by atoms with van der Waals surface area (Å²) in [7, 11) is 0. The highest BCUT2D eigenvalue weighted by molar-refractivity contribution is 5.92. The quantitative estimate of drug-likeness (QED) is 0.842.